The molecule has 0 saturated carbocycles. The molecule has 0 amide bonds. The van der Waals surface area contributed by atoms with Gasteiger partial charge in [-0.3, -0.25) is 0 Å². The Kier molecular flexibility index (Phi) is 4.81. The molecule has 0 saturated heterocycles. The lowest BCUT2D eigenvalue weighted by Crippen LogP contribution is -2.03. The van der Waals surface area contributed by atoms with E-state index in [1.807, 2.05) is 0 Å². The highest BCUT2D eigenvalue weighted by Crippen LogP contribution is 2.42. The molecular weight excluding hydrogens is 382 g/mol. The fourth-order valence-corrected chi connectivity index (χ4v) is 6.35. The van der Waals surface area contributed by atoms with Crippen molar-refractivity contribution in [3.63, 3.8) is 0 Å². The van der Waals surface area contributed by atoms with Crippen LogP contribution in [0.3, 0.4) is 0 Å². The second kappa shape index (κ2) is 7.45. The SMILES string of the molecule is CC(C)Cc1nc2sc3c(SCc4ccccc4)ncnc3c2c2c1CCC2. The lowest BCUT2D eigenvalue weighted by Gasteiger charge is -2.11. The van der Waals surface area contributed by atoms with Crippen LogP contribution in [0.25, 0.3) is 20.4 Å². The van der Waals surface area contributed by atoms with Gasteiger partial charge in [-0.2, -0.15) is 0 Å². The van der Waals surface area contributed by atoms with Gasteiger partial charge in [-0.05, 0) is 48.3 Å². The summed E-state index contributed by atoms with van der Waals surface area (Å²) in [5.41, 5.74) is 6.74. The molecule has 5 rings (SSSR count). The van der Waals surface area contributed by atoms with Gasteiger partial charge in [-0.15, -0.1) is 23.1 Å². The Morgan fingerprint density at radius 2 is 1.89 bits per heavy atom. The van der Waals surface area contributed by atoms with Crippen LogP contribution < -0.4 is 0 Å². The quantitative estimate of drug-likeness (QED) is 0.292. The zero-order valence-electron chi connectivity index (χ0n) is 16.2. The maximum absolute atomic E-state index is 5.13. The minimum atomic E-state index is 0.626. The first kappa shape index (κ1) is 18.1. The van der Waals surface area contributed by atoms with E-state index in [-0.39, 0.29) is 0 Å². The zero-order valence-corrected chi connectivity index (χ0v) is 17.9. The first-order valence-electron chi connectivity index (χ1n) is 9.95. The molecule has 142 valence electrons. The Bertz CT molecular complexity index is 1150. The van der Waals surface area contributed by atoms with Gasteiger partial charge in [-0.25, -0.2) is 15.0 Å². The van der Waals surface area contributed by atoms with E-state index in [0.29, 0.717) is 5.92 Å². The number of hydrogen-bond donors (Lipinski definition) is 0. The lowest BCUT2D eigenvalue weighted by molar-refractivity contribution is 0.632. The van der Waals surface area contributed by atoms with E-state index in [0.717, 1.165) is 34.0 Å². The van der Waals surface area contributed by atoms with Crippen molar-refractivity contribution in [3.05, 3.63) is 59.0 Å². The molecule has 5 heteroatoms. The van der Waals surface area contributed by atoms with Crippen LogP contribution in [0.4, 0.5) is 0 Å². The molecular formula is C23H23N3S2. The summed E-state index contributed by atoms with van der Waals surface area (Å²) in [6.07, 6.45) is 6.35. The van der Waals surface area contributed by atoms with E-state index in [1.54, 1.807) is 29.4 Å². The maximum Gasteiger partial charge on any atom is 0.126 e. The summed E-state index contributed by atoms with van der Waals surface area (Å²) in [6, 6.07) is 10.6. The van der Waals surface area contributed by atoms with Gasteiger partial charge in [0.05, 0.1) is 10.2 Å². The minimum Gasteiger partial charge on any atom is -0.242 e. The average molecular weight is 406 g/mol. The molecule has 0 aliphatic heterocycles. The van der Waals surface area contributed by atoms with E-state index in [9.17, 15) is 0 Å². The summed E-state index contributed by atoms with van der Waals surface area (Å²) in [6.45, 7) is 4.56. The second-order valence-corrected chi connectivity index (χ2v) is 9.84. The molecule has 0 atom stereocenters. The first-order chi connectivity index (χ1) is 13.7. The van der Waals surface area contributed by atoms with Crippen LogP contribution in [0.5, 0.6) is 0 Å². The smallest absolute Gasteiger partial charge is 0.126 e. The molecule has 0 bridgehead atoms. The molecule has 28 heavy (non-hydrogen) atoms. The number of aromatic nitrogens is 3. The monoisotopic (exact) mass is 405 g/mol. The van der Waals surface area contributed by atoms with Gasteiger partial charge in [0.1, 0.15) is 16.2 Å². The molecule has 3 heterocycles. The van der Waals surface area contributed by atoms with E-state index in [1.165, 1.54) is 45.3 Å². The molecule has 1 aromatic carbocycles. The predicted molar refractivity (Wildman–Crippen MR) is 119 cm³/mol. The standard InChI is InChI=1S/C23H23N3S2/c1-14(2)11-18-16-9-6-10-17(16)19-20-21(28-22(19)26-18)23(25-13-24-20)27-12-15-7-4-3-5-8-15/h3-5,7-8,13-14H,6,9-12H2,1-2H3. The van der Waals surface area contributed by atoms with E-state index in [2.05, 4.69) is 49.2 Å². The van der Waals surface area contributed by atoms with Crippen molar-refractivity contribution in [2.75, 3.05) is 0 Å². The summed E-state index contributed by atoms with van der Waals surface area (Å²) in [7, 11) is 0. The number of hydrogen-bond acceptors (Lipinski definition) is 5. The Morgan fingerprint density at radius 1 is 1.07 bits per heavy atom. The maximum atomic E-state index is 5.13. The average Bonchev–Trinajstić information content (AvgIpc) is 3.31. The number of pyridine rings is 1. The number of fused-ring (bicyclic) bond motifs is 5. The van der Waals surface area contributed by atoms with Gasteiger partial charge < -0.3 is 0 Å². The summed E-state index contributed by atoms with van der Waals surface area (Å²) in [5, 5.41) is 2.37. The lowest BCUT2D eigenvalue weighted by atomic mass is 9.99. The molecule has 0 fully saturated rings. The number of rotatable bonds is 5. The summed E-state index contributed by atoms with van der Waals surface area (Å²) in [4.78, 5) is 15.6. The topological polar surface area (TPSA) is 38.7 Å². The normalized spacial score (nSPS) is 13.7. The summed E-state index contributed by atoms with van der Waals surface area (Å²) >= 11 is 3.57. The van der Waals surface area contributed by atoms with E-state index in [4.69, 9.17) is 9.97 Å². The van der Waals surface area contributed by atoms with Crippen molar-refractivity contribution in [2.24, 2.45) is 5.92 Å². The Balaban J connectivity index is 1.62. The number of aryl methyl sites for hydroxylation is 1. The Labute approximate surface area is 173 Å². The van der Waals surface area contributed by atoms with Crippen LogP contribution in [0.2, 0.25) is 0 Å². The highest BCUT2D eigenvalue weighted by Gasteiger charge is 2.24. The minimum absolute atomic E-state index is 0.626. The largest absolute Gasteiger partial charge is 0.242 e. The highest BCUT2D eigenvalue weighted by molar-refractivity contribution is 7.98. The number of nitrogens with zero attached hydrogens (tertiary/aromatic N) is 3. The summed E-state index contributed by atoms with van der Waals surface area (Å²) < 4.78 is 1.20. The molecule has 1 aliphatic carbocycles. The Morgan fingerprint density at radius 3 is 2.71 bits per heavy atom. The molecule has 0 spiro atoms. The molecule has 1 aliphatic rings. The highest BCUT2D eigenvalue weighted by atomic mass is 32.2. The van der Waals surface area contributed by atoms with Crippen LogP contribution in [-0.2, 0) is 25.0 Å². The fourth-order valence-electron chi connectivity index (χ4n) is 4.14. The zero-order chi connectivity index (χ0) is 19.1. The van der Waals surface area contributed by atoms with Crippen molar-refractivity contribution in [2.45, 2.75) is 50.3 Å². The molecule has 0 N–H and O–H groups in total. The van der Waals surface area contributed by atoms with Crippen molar-refractivity contribution in [1.29, 1.82) is 0 Å². The van der Waals surface area contributed by atoms with Crippen molar-refractivity contribution in [1.82, 2.24) is 15.0 Å². The third-order valence-electron chi connectivity index (χ3n) is 5.34. The first-order valence-corrected chi connectivity index (χ1v) is 11.8. The van der Waals surface area contributed by atoms with Gasteiger partial charge in [-0.1, -0.05) is 44.2 Å². The van der Waals surface area contributed by atoms with Gasteiger partial charge in [0.25, 0.3) is 0 Å². The number of thiophene rings is 1. The van der Waals surface area contributed by atoms with Crippen LogP contribution in [-0.4, -0.2) is 15.0 Å². The van der Waals surface area contributed by atoms with Gasteiger partial charge in [0, 0.05) is 16.8 Å². The molecule has 0 unspecified atom stereocenters. The van der Waals surface area contributed by atoms with Gasteiger partial charge in [0.15, 0.2) is 0 Å². The van der Waals surface area contributed by atoms with Crippen LogP contribution in [0.15, 0.2) is 41.7 Å². The molecule has 4 aromatic rings. The van der Waals surface area contributed by atoms with Crippen LogP contribution in [0, 0.1) is 5.92 Å². The van der Waals surface area contributed by atoms with E-state index >= 15 is 0 Å². The van der Waals surface area contributed by atoms with Gasteiger partial charge >= 0.3 is 0 Å². The summed E-state index contributed by atoms with van der Waals surface area (Å²) in [5.74, 6) is 1.55. The number of benzene rings is 1. The third kappa shape index (κ3) is 3.20. The molecule has 3 aromatic heterocycles. The van der Waals surface area contributed by atoms with Crippen molar-refractivity contribution >= 4 is 43.5 Å². The van der Waals surface area contributed by atoms with E-state index < -0.39 is 0 Å². The second-order valence-electron chi connectivity index (χ2n) is 7.88. The third-order valence-corrected chi connectivity index (χ3v) is 7.61. The van der Waals surface area contributed by atoms with Crippen LogP contribution in [0.1, 0.15) is 42.7 Å². The molecule has 3 nitrogen and oxygen atoms in total. The van der Waals surface area contributed by atoms with Crippen molar-refractivity contribution in [3.8, 4) is 0 Å². The molecule has 0 radical (unpaired) electrons. The van der Waals surface area contributed by atoms with Crippen molar-refractivity contribution < 1.29 is 0 Å². The number of thioether (sulfide) groups is 1. The van der Waals surface area contributed by atoms with Crippen LogP contribution >= 0.6 is 23.1 Å². The Hall–Kier alpha value is -1.98. The predicted octanol–water partition coefficient (Wildman–Crippen LogP) is 6.22. The van der Waals surface area contributed by atoms with Gasteiger partial charge in [0.2, 0.25) is 0 Å². The fraction of sp³-hybridized carbons (Fsp3) is 0.348.